The van der Waals surface area contributed by atoms with E-state index in [9.17, 15) is 9.90 Å². The molecule has 4 aliphatic carbocycles. The lowest BCUT2D eigenvalue weighted by Gasteiger charge is -2.64. The number of benzene rings is 1. The van der Waals surface area contributed by atoms with E-state index in [0.29, 0.717) is 24.0 Å². The molecule has 0 unspecified atom stereocenters. The van der Waals surface area contributed by atoms with Gasteiger partial charge in [-0.1, -0.05) is 17.7 Å². The minimum Gasteiger partial charge on any atom is -0.504 e. The fraction of sp³-hybridized carbons (Fsp3) is 0.625. The molecule has 3 fully saturated rings. The number of hydrogen-bond donors (Lipinski definition) is 1. The smallest absolute Gasteiger partial charge is 0.161 e. The Morgan fingerprint density at radius 3 is 2.86 bits per heavy atom. The lowest BCUT2D eigenvalue weighted by molar-refractivity contribution is -0.137. The number of carbonyl (C=O) groups is 1. The number of fused-ring (bicyclic) bond motifs is 1. The fourth-order valence-corrected chi connectivity index (χ4v) is 7.63. The molecule has 1 heterocycles. The quantitative estimate of drug-likeness (QED) is 0.815. The van der Waals surface area contributed by atoms with Crippen LogP contribution in [0.4, 0.5) is 0 Å². The predicted molar refractivity (Wildman–Crippen MR) is 107 cm³/mol. The molecule has 1 aliphatic heterocycles. The van der Waals surface area contributed by atoms with Crippen LogP contribution < -0.4 is 4.74 Å². The van der Waals surface area contributed by atoms with E-state index in [1.165, 1.54) is 30.5 Å². The van der Waals surface area contributed by atoms with Crippen LogP contribution in [0.25, 0.3) is 0 Å². The number of phenolic OH excluding ortho intramolecular Hbond substituents is 1. The molecular formula is C24H29NO3. The molecule has 4 heteroatoms. The number of piperidine rings is 1. The zero-order chi connectivity index (χ0) is 19.3. The molecule has 0 radical (unpaired) electrons. The second kappa shape index (κ2) is 5.41. The van der Waals surface area contributed by atoms with Gasteiger partial charge in [-0.05, 0) is 63.1 Å². The second-order valence-corrected chi connectivity index (χ2v) is 9.86. The van der Waals surface area contributed by atoms with Crippen LogP contribution in [0.5, 0.6) is 11.5 Å². The Labute approximate surface area is 166 Å². The Balaban J connectivity index is 1.61. The van der Waals surface area contributed by atoms with Crippen LogP contribution in [0, 0.1) is 17.3 Å². The Bertz CT molecular complexity index is 917. The lowest BCUT2D eigenvalue weighted by Crippen LogP contribution is -2.69. The topological polar surface area (TPSA) is 49.8 Å². The van der Waals surface area contributed by atoms with Crippen molar-refractivity contribution in [2.24, 2.45) is 17.3 Å². The van der Waals surface area contributed by atoms with E-state index in [2.05, 4.69) is 24.0 Å². The molecule has 1 N–H and O–H groups in total. The maximum Gasteiger partial charge on any atom is 0.161 e. The minimum atomic E-state index is -0.288. The van der Waals surface area contributed by atoms with E-state index in [4.69, 9.17) is 4.74 Å². The van der Waals surface area contributed by atoms with Crippen molar-refractivity contribution in [2.45, 2.75) is 56.9 Å². The predicted octanol–water partition coefficient (Wildman–Crippen LogP) is 3.60. The van der Waals surface area contributed by atoms with Crippen molar-refractivity contribution in [3.05, 3.63) is 34.9 Å². The van der Waals surface area contributed by atoms with Crippen molar-refractivity contribution < 1.29 is 14.6 Å². The summed E-state index contributed by atoms with van der Waals surface area (Å²) in [6.07, 6.45) is 8.71. The molecule has 0 amide bonds. The largest absolute Gasteiger partial charge is 0.504 e. The number of likely N-dealkylation sites (tertiary alicyclic amines) is 1. The number of aromatic hydroxyl groups is 1. The SMILES string of the molecule is COc1ccc2c(c1O)[C@]13CCN(CC4CC4)[C@H](C2)[C@@]12C=C(C)[C@@H]3C(=O)CC2. The molecule has 0 spiro atoms. The van der Waals surface area contributed by atoms with Gasteiger partial charge in [0.05, 0.1) is 7.11 Å². The number of rotatable bonds is 3. The Hall–Kier alpha value is -1.81. The first kappa shape index (κ1) is 17.1. The lowest BCUT2D eigenvalue weighted by atomic mass is 9.43. The highest BCUT2D eigenvalue weighted by Gasteiger charge is 2.71. The highest BCUT2D eigenvalue weighted by molar-refractivity contribution is 5.90. The summed E-state index contributed by atoms with van der Waals surface area (Å²) in [5.74, 6) is 1.97. The Morgan fingerprint density at radius 1 is 1.29 bits per heavy atom. The summed E-state index contributed by atoms with van der Waals surface area (Å²) in [6, 6.07) is 4.48. The molecule has 1 saturated heterocycles. The molecule has 1 aromatic carbocycles. The van der Waals surface area contributed by atoms with Gasteiger partial charge in [0.15, 0.2) is 11.5 Å². The van der Waals surface area contributed by atoms with Crippen molar-refractivity contribution >= 4 is 5.78 Å². The van der Waals surface area contributed by atoms with E-state index in [-0.39, 0.29) is 22.5 Å². The highest BCUT2D eigenvalue weighted by atomic mass is 16.5. The summed E-state index contributed by atoms with van der Waals surface area (Å²) < 4.78 is 5.49. The number of ether oxygens (including phenoxy) is 1. The van der Waals surface area contributed by atoms with Gasteiger partial charge in [-0.25, -0.2) is 0 Å². The number of methoxy groups -OCH3 is 1. The van der Waals surface area contributed by atoms with Crippen LogP contribution in [0.15, 0.2) is 23.8 Å². The summed E-state index contributed by atoms with van der Waals surface area (Å²) in [6.45, 7) is 4.38. The van der Waals surface area contributed by atoms with Gasteiger partial charge in [-0.3, -0.25) is 9.69 Å². The number of hydrogen-bond acceptors (Lipinski definition) is 4. The Morgan fingerprint density at radius 2 is 2.11 bits per heavy atom. The number of phenols is 1. The average Bonchev–Trinajstić information content (AvgIpc) is 3.45. The number of allylic oxidation sites excluding steroid dienone is 1. The second-order valence-electron chi connectivity index (χ2n) is 9.86. The van der Waals surface area contributed by atoms with Crippen LogP contribution in [-0.4, -0.2) is 42.0 Å². The van der Waals surface area contributed by atoms with E-state index in [0.717, 1.165) is 37.3 Å². The van der Waals surface area contributed by atoms with Crippen LogP contribution in [-0.2, 0) is 16.6 Å². The standard InChI is InChI=1S/C24H29NO3/c1-14-12-23-8-7-17(26)20(14)24(23)9-10-25(13-15-3-4-15)19(23)11-16-5-6-18(28-2)22(27)21(16)24/h5-6,12,15,19-20,27H,3-4,7-11,13H2,1-2H3/t19-,20-,23-,24-/m1/s1. The van der Waals surface area contributed by atoms with Crippen molar-refractivity contribution in [1.82, 2.24) is 4.90 Å². The van der Waals surface area contributed by atoms with Crippen molar-refractivity contribution in [3.63, 3.8) is 0 Å². The summed E-state index contributed by atoms with van der Waals surface area (Å²) in [5, 5.41) is 11.3. The highest BCUT2D eigenvalue weighted by Crippen LogP contribution is 2.71. The molecule has 148 valence electrons. The molecule has 6 rings (SSSR count). The maximum absolute atomic E-state index is 13.2. The van der Waals surface area contributed by atoms with E-state index >= 15 is 0 Å². The van der Waals surface area contributed by atoms with Crippen LogP contribution in [0.1, 0.15) is 50.2 Å². The molecule has 4 atom stereocenters. The van der Waals surface area contributed by atoms with Gasteiger partial charge in [-0.15, -0.1) is 0 Å². The molecule has 4 bridgehead atoms. The number of Topliss-reactive ketones (excluding diaryl/α,β-unsaturated/α-hetero) is 1. The minimum absolute atomic E-state index is 0.0281. The first-order valence-electron chi connectivity index (χ1n) is 10.9. The monoisotopic (exact) mass is 379 g/mol. The third-order valence-corrected chi connectivity index (χ3v) is 8.70. The zero-order valence-electron chi connectivity index (χ0n) is 16.8. The van der Waals surface area contributed by atoms with Crippen molar-refractivity contribution in [3.8, 4) is 11.5 Å². The third kappa shape index (κ3) is 1.84. The fourth-order valence-electron chi connectivity index (χ4n) is 7.63. The van der Waals surface area contributed by atoms with Gasteiger partial charge < -0.3 is 9.84 Å². The van der Waals surface area contributed by atoms with Gasteiger partial charge >= 0.3 is 0 Å². The molecule has 0 aromatic heterocycles. The number of carbonyl (C=O) groups excluding carboxylic acids is 1. The maximum atomic E-state index is 13.2. The summed E-state index contributed by atoms with van der Waals surface area (Å²) in [4.78, 5) is 15.9. The van der Waals surface area contributed by atoms with E-state index < -0.39 is 0 Å². The third-order valence-electron chi connectivity index (χ3n) is 8.70. The number of ketones is 1. The molecular weight excluding hydrogens is 350 g/mol. The molecule has 2 saturated carbocycles. The average molecular weight is 380 g/mol. The summed E-state index contributed by atoms with van der Waals surface area (Å²) >= 11 is 0. The van der Waals surface area contributed by atoms with E-state index in [1.807, 2.05) is 6.07 Å². The molecule has 5 aliphatic rings. The Kier molecular flexibility index (Phi) is 3.30. The summed E-state index contributed by atoms with van der Waals surface area (Å²) in [7, 11) is 1.61. The van der Waals surface area contributed by atoms with Crippen molar-refractivity contribution in [2.75, 3.05) is 20.2 Å². The first-order chi connectivity index (χ1) is 13.5. The van der Waals surface area contributed by atoms with Crippen LogP contribution in [0.2, 0.25) is 0 Å². The van der Waals surface area contributed by atoms with Gasteiger partial charge in [-0.2, -0.15) is 0 Å². The van der Waals surface area contributed by atoms with Gasteiger partial charge in [0.1, 0.15) is 5.78 Å². The molecule has 28 heavy (non-hydrogen) atoms. The molecule has 1 aromatic rings. The van der Waals surface area contributed by atoms with Gasteiger partial charge in [0.25, 0.3) is 0 Å². The summed E-state index contributed by atoms with van der Waals surface area (Å²) in [5.41, 5.74) is 3.17. The van der Waals surface area contributed by atoms with E-state index in [1.54, 1.807) is 7.11 Å². The zero-order valence-corrected chi connectivity index (χ0v) is 16.8. The van der Waals surface area contributed by atoms with Gasteiger partial charge in [0, 0.05) is 41.3 Å². The first-order valence-corrected chi connectivity index (χ1v) is 10.9. The molecule has 4 nitrogen and oxygen atoms in total. The normalized spacial score (nSPS) is 38.6. The van der Waals surface area contributed by atoms with Crippen molar-refractivity contribution in [1.29, 1.82) is 0 Å². The van der Waals surface area contributed by atoms with Gasteiger partial charge in [0.2, 0.25) is 0 Å². The van der Waals surface area contributed by atoms with Crippen LogP contribution in [0.3, 0.4) is 0 Å². The van der Waals surface area contributed by atoms with Crippen LogP contribution >= 0.6 is 0 Å². The number of nitrogens with zero attached hydrogens (tertiary/aromatic N) is 1.